The van der Waals surface area contributed by atoms with Crippen molar-refractivity contribution >= 4 is 58.6 Å². The van der Waals surface area contributed by atoms with Crippen LogP contribution in [-0.4, -0.2) is 123 Å². The number of amides is 5. The number of piperazine rings is 1. The molecule has 8 rings (SSSR count). The van der Waals surface area contributed by atoms with Crippen molar-refractivity contribution in [1.29, 1.82) is 5.41 Å². The van der Waals surface area contributed by atoms with Gasteiger partial charge in [0.15, 0.2) is 5.65 Å². The number of fused-ring (bicyclic) bond motifs is 2. The fourth-order valence-corrected chi connectivity index (χ4v) is 9.13. The molecule has 1 unspecified atom stereocenters. The molecule has 3 saturated heterocycles. The molecule has 16 nitrogen and oxygen atoms in total. The molecule has 0 radical (unpaired) electrons. The van der Waals surface area contributed by atoms with Crippen LogP contribution in [0.1, 0.15) is 102 Å². The maximum Gasteiger partial charge on any atom is 0.264 e. The Bertz CT molecular complexity index is 2500. The summed E-state index contributed by atoms with van der Waals surface area (Å²) in [7, 11) is 0. The van der Waals surface area contributed by atoms with Crippen molar-refractivity contribution in [1.82, 2.24) is 39.9 Å². The normalized spacial score (nSPS) is 19.2. The maximum atomic E-state index is 14.0. The van der Waals surface area contributed by atoms with Crippen molar-refractivity contribution in [2.75, 3.05) is 62.6 Å². The summed E-state index contributed by atoms with van der Waals surface area (Å²) in [5.41, 5.74) is 3.59. The minimum Gasteiger partial charge on any atom is -0.384 e. The van der Waals surface area contributed by atoms with E-state index in [1.165, 1.54) is 6.07 Å². The van der Waals surface area contributed by atoms with E-state index in [0.717, 1.165) is 85.5 Å². The van der Waals surface area contributed by atoms with Crippen molar-refractivity contribution in [3.8, 4) is 0 Å². The molecule has 4 aliphatic rings. The van der Waals surface area contributed by atoms with Gasteiger partial charge in [0, 0.05) is 57.9 Å². The van der Waals surface area contributed by atoms with Crippen LogP contribution in [0.2, 0.25) is 0 Å². The van der Waals surface area contributed by atoms with Crippen LogP contribution < -0.4 is 20.9 Å². The molecule has 0 aliphatic carbocycles. The van der Waals surface area contributed by atoms with E-state index >= 15 is 0 Å². The number of piperidine rings is 1. The van der Waals surface area contributed by atoms with Crippen LogP contribution in [0, 0.1) is 11.2 Å². The van der Waals surface area contributed by atoms with Gasteiger partial charge in [0.05, 0.1) is 35.6 Å². The van der Waals surface area contributed by atoms with Gasteiger partial charge in [-0.3, -0.25) is 44.5 Å². The lowest BCUT2D eigenvalue weighted by molar-refractivity contribution is -0.136. The summed E-state index contributed by atoms with van der Waals surface area (Å²) in [5, 5.41) is 22.1. The summed E-state index contributed by atoms with van der Waals surface area (Å²) in [6.45, 7) is 5.16. The number of carbonyl (C=O) groups excluding carboxylic acids is 5. The number of imidazole rings is 1. The van der Waals surface area contributed by atoms with Crippen LogP contribution in [0.15, 0.2) is 79.0 Å². The third kappa shape index (κ3) is 10.6. The highest BCUT2D eigenvalue weighted by Gasteiger charge is 2.45. The number of anilines is 2. The Balaban J connectivity index is 0.680. The van der Waals surface area contributed by atoms with Gasteiger partial charge in [0.25, 0.3) is 11.8 Å². The van der Waals surface area contributed by atoms with E-state index in [4.69, 9.17) is 10.5 Å². The van der Waals surface area contributed by atoms with Crippen molar-refractivity contribution < 1.29 is 28.4 Å². The van der Waals surface area contributed by atoms with Crippen LogP contribution >= 0.6 is 0 Å². The molecule has 65 heavy (non-hydrogen) atoms. The molecule has 0 bridgehead atoms. The Morgan fingerprint density at radius 1 is 0.862 bits per heavy atom. The first kappa shape index (κ1) is 44.8. The van der Waals surface area contributed by atoms with Gasteiger partial charge in [0.2, 0.25) is 17.7 Å². The van der Waals surface area contributed by atoms with Gasteiger partial charge >= 0.3 is 0 Å². The molecule has 2 aromatic carbocycles. The molecule has 4 N–H and O–H groups in total. The van der Waals surface area contributed by atoms with Crippen LogP contribution in [-0.2, 0) is 14.4 Å². The minimum atomic E-state index is -0.993. The number of amidine groups is 1. The number of hydrogen-bond donors (Lipinski definition) is 4. The number of imide groups is 2. The number of halogens is 1. The fourth-order valence-electron chi connectivity index (χ4n) is 9.13. The largest absolute Gasteiger partial charge is 0.384 e. The number of unbranched alkanes of at least 4 members (excludes halogenated alkanes) is 5. The lowest BCUT2D eigenvalue weighted by Gasteiger charge is -2.35. The summed E-state index contributed by atoms with van der Waals surface area (Å²) < 4.78 is 15.8. The summed E-state index contributed by atoms with van der Waals surface area (Å²) in [5.74, 6) is -1.05. The van der Waals surface area contributed by atoms with Crippen LogP contribution in [0.4, 0.5) is 15.9 Å². The molecule has 6 heterocycles. The fraction of sp³-hybridized carbons (Fsp3) is 0.417. The van der Waals surface area contributed by atoms with Gasteiger partial charge in [-0.05, 0) is 86.2 Å². The van der Waals surface area contributed by atoms with E-state index < -0.39 is 29.7 Å². The standard InChI is InChI=1S/C48H56FN11O5/c49-34-13-9-12-33(30-34)38-17-11-25-58(38)42-21-20-41-53-31-35(60(41)55-42)14-5-6-18-40(50)57-28-26-56(27-29-57)32-44(62)52-24-8-4-2-1-3-7-23-51-37-16-10-15-36-45(37)48(65)59(47(36)64)39-19-22-43(61)54-46(39)63/h5-6,9-10,12-16,18,20-21,30-31,38-39,50-51H,1-4,7-8,11,17,19,22-29,32H2,(H,52,62)(H,54,61,63)/b14-5+,18-6-,50-40?/t38-,39?/m1/s1. The average molecular weight is 886 g/mol. The van der Waals surface area contributed by atoms with E-state index in [0.29, 0.717) is 57.3 Å². The lowest BCUT2D eigenvalue weighted by Crippen LogP contribution is -2.54. The van der Waals surface area contributed by atoms with Crippen LogP contribution in [0.5, 0.6) is 0 Å². The molecule has 340 valence electrons. The highest BCUT2D eigenvalue weighted by Crippen LogP contribution is 2.36. The highest BCUT2D eigenvalue weighted by molar-refractivity contribution is 6.25. The number of carbonyl (C=O) groups is 5. The Morgan fingerprint density at radius 2 is 1.65 bits per heavy atom. The van der Waals surface area contributed by atoms with Crippen LogP contribution in [0.25, 0.3) is 11.7 Å². The van der Waals surface area contributed by atoms with Crippen molar-refractivity contribution in [3.05, 3.63) is 107 Å². The third-order valence-corrected chi connectivity index (χ3v) is 12.6. The molecular formula is C48H56FN11O5. The Labute approximate surface area is 377 Å². The predicted molar refractivity (Wildman–Crippen MR) is 245 cm³/mol. The molecule has 0 spiro atoms. The number of hydrogen-bond acceptors (Lipinski definition) is 11. The molecule has 0 saturated carbocycles. The average Bonchev–Trinajstić information content (AvgIpc) is 4.02. The number of aromatic nitrogens is 3. The smallest absolute Gasteiger partial charge is 0.264 e. The number of nitrogens with one attached hydrogen (secondary N) is 4. The monoisotopic (exact) mass is 885 g/mol. The predicted octanol–water partition coefficient (Wildman–Crippen LogP) is 5.34. The molecule has 4 aliphatic heterocycles. The maximum absolute atomic E-state index is 14.0. The second-order valence-corrected chi connectivity index (χ2v) is 17.0. The number of rotatable bonds is 18. The van der Waals surface area contributed by atoms with Crippen molar-refractivity contribution in [2.45, 2.75) is 76.3 Å². The number of allylic oxidation sites excluding steroid dienone is 2. The van der Waals surface area contributed by atoms with E-state index in [-0.39, 0.29) is 41.7 Å². The Hall–Kier alpha value is -6.75. The molecule has 4 aromatic rings. The zero-order chi connectivity index (χ0) is 45.3. The number of benzene rings is 2. The second kappa shape index (κ2) is 20.8. The van der Waals surface area contributed by atoms with Crippen molar-refractivity contribution in [3.63, 3.8) is 0 Å². The van der Waals surface area contributed by atoms with E-state index in [1.54, 1.807) is 42.6 Å². The summed E-state index contributed by atoms with van der Waals surface area (Å²) >= 11 is 0. The first-order valence-corrected chi connectivity index (χ1v) is 22.8. The van der Waals surface area contributed by atoms with Crippen LogP contribution in [0.3, 0.4) is 0 Å². The number of nitrogens with zero attached hydrogens (tertiary/aromatic N) is 7. The van der Waals surface area contributed by atoms with Gasteiger partial charge in [-0.15, -0.1) is 5.10 Å². The summed E-state index contributed by atoms with van der Waals surface area (Å²) in [4.78, 5) is 74.9. The molecule has 17 heteroatoms. The lowest BCUT2D eigenvalue weighted by atomic mass is 10.0. The van der Waals surface area contributed by atoms with E-state index in [9.17, 15) is 28.4 Å². The molecule has 5 amide bonds. The van der Waals surface area contributed by atoms with Gasteiger partial charge in [-0.25, -0.2) is 13.9 Å². The second-order valence-electron chi connectivity index (χ2n) is 17.0. The summed E-state index contributed by atoms with van der Waals surface area (Å²) in [6, 6.07) is 14.9. The molecule has 3 fully saturated rings. The van der Waals surface area contributed by atoms with E-state index in [1.807, 2.05) is 45.8 Å². The van der Waals surface area contributed by atoms with Gasteiger partial charge in [-0.1, -0.05) is 56.0 Å². The first-order chi connectivity index (χ1) is 31.6. The third-order valence-electron chi connectivity index (χ3n) is 12.6. The zero-order valence-corrected chi connectivity index (χ0v) is 36.5. The Morgan fingerprint density at radius 3 is 2.45 bits per heavy atom. The Kier molecular flexibility index (Phi) is 14.4. The topological polar surface area (TPSA) is 188 Å². The van der Waals surface area contributed by atoms with E-state index in [2.05, 4.69) is 30.7 Å². The highest BCUT2D eigenvalue weighted by atomic mass is 19.1. The van der Waals surface area contributed by atoms with Gasteiger partial charge in [0.1, 0.15) is 23.5 Å². The summed E-state index contributed by atoms with van der Waals surface area (Å²) in [6.07, 6.45) is 17.2. The quantitative estimate of drug-likeness (QED) is 0.0332. The van der Waals surface area contributed by atoms with Gasteiger partial charge < -0.3 is 20.4 Å². The first-order valence-electron chi connectivity index (χ1n) is 22.8. The van der Waals surface area contributed by atoms with Gasteiger partial charge in [-0.2, -0.15) is 0 Å². The SMILES string of the molecule is N=C(/C=C\C=C\c1cnc2ccc(N3CCC[C@@H]3c3cccc(F)c3)nn12)N1CCN(CC(=O)NCCCCCCCCNc2cccc3c2C(=O)N(C2CCC(=O)NC2=O)C3=O)CC1. The van der Waals surface area contributed by atoms with Crippen molar-refractivity contribution in [2.24, 2.45) is 0 Å². The minimum absolute atomic E-state index is 0.0123. The zero-order valence-electron chi connectivity index (χ0n) is 36.5. The molecule has 2 atom stereocenters. The molecule has 2 aromatic heterocycles. The molecular weight excluding hydrogens is 830 g/mol.